The molecule has 0 bridgehead atoms. The molecule has 16 heavy (non-hydrogen) atoms. The molecular formula is C14H30OSi. The molecule has 0 atom stereocenters. The van der Waals surface area contributed by atoms with E-state index in [-0.39, 0.29) is 0 Å². The van der Waals surface area contributed by atoms with E-state index in [9.17, 15) is 0 Å². The number of hydrogen-bond acceptors (Lipinski definition) is 1. The highest BCUT2D eigenvalue weighted by Crippen LogP contribution is 2.42. The Morgan fingerprint density at radius 3 is 1.56 bits per heavy atom. The van der Waals surface area contributed by atoms with Gasteiger partial charge in [-0.25, -0.2) is 0 Å². The largest absolute Gasteiger partial charge is 0.412 e. The van der Waals surface area contributed by atoms with Crippen LogP contribution in [-0.4, -0.2) is 14.9 Å². The van der Waals surface area contributed by atoms with Crippen LogP contribution in [0.4, 0.5) is 0 Å². The highest BCUT2D eigenvalue weighted by molar-refractivity contribution is 6.77. The quantitative estimate of drug-likeness (QED) is 0.462. The number of rotatable bonds is 6. The first-order chi connectivity index (χ1) is 7.25. The fraction of sp³-hybridized carbons (Fsp3) is 0.857. The summed E-state index contributed by atoms with van der Waals surface area (Å²) >= 11 is 0. The molecule has 0 saturated carbocycles. The molecule has 0 heterocycles. The van der Waals surface area contributed by atoms with Crippen LogP contribution in [0, 0.1) is 0 Å². The van der Waals surface area contributed by atoms with Crippen molar-refractivity contribution in [2.75, 3.05) is 6.61 Å². The lowest BCUT2D eigenvalue weighted by Crippen LogP contribution is -2.47. The van der Waals surface area contributed by atoms with Crippen molar-refractivity contribution in [1.29, 1.82) is 0 Å². The van der Waals surface area contributed by atoms with Crippen LogP contribution < -0.4 is 0 Å². The topological polar surface area (TPSA) is 9.23 Å². The third-order valence-electron chi connectivity index (χ3n) is 3.53. The average molecular weight is 242 g/mol. The zero-order valence-corrected chi connectivity index (χ0v) is 13.4. The lowest BCUT2D eigenvalue weighted by Gasteiger charge is -2.41. The van der Waals surface area contributed by atoms with Crippen LogP contribution in [0.15, 0.2) is 11.6 Å². The molecule has 0 aromatic rings. The first kappa shape index (κ1) is 15.9. The normalized spacial score (nSPS) is 12.7. The molecule has 0 unspecified atom stereocenters. The Kier molecular flexibility index (Phi) is 6.57. The van der Waals surface area contributed by atoms with E-state index in [0.717, 1.165) is 6.61 Å². The second-order valence-electron chi connectivity index (χ2n) is 5.91. The minimum atomic E-state index is -1.64. The van der Waals surface area contributed by atoms with Gasteiger partial charge in [-0.05, 0) is 30.5 Å². The van der Waals surface area contributed by atoms with Crippen LogP contribution in [0.2, 0.25) is 16.6 Å². The van der Waals surface area contributed by atoms with Gasteiger partial charge < -0.3 is 4.43 Å². The predicted molar refractivity (Wildman–Crippen MR) is 76.4 cm³/mol. The highest BCUT2D eigenvalue weighted by atomic mass is 28.4. The van der Waals surface area contributed by atoms with E-state index in [1.807, 2.05) is 0 Å². The van der Waals surface area contributed by atoms with Gasteiger partial charge in [-0.1, -0.05) is 53.2 Å². The van der Waals surface area contributed by atoms with E-state index >= 15 is 0 Å². The fourth-order valence-electron chi connectivity index (χ4n) is 2.85. The first-order valence-electron chi connectivity index (χ1n) is 6.52. The maximum absolute atomic E-state index is 6.39. The Bertz CT molecular complexity index is 203. The molecule has 0 radical (unpaired) electrons. The zero-order valence-electron chi connectivity index (χ0n) is 12.4. The minimum absolute atomic E-state index is 0.679. The van der Waals surface area contributed by atoms with Gasteiger partial charge in [0.15, 0.2) is 0 Å². The SMILES string of the molecule is CC(C)=CCO[Si](C(C)C)(C(C)C)C(C)C. The predicted octanol–water partition coefficient (Wildman–Crippen LogP) is 5.14. The average Bonchev–Trinajstić information content (AvgIpc) is 2.09. The van der Waals surface area contributed by atoms with Gasteiger partial charge in [0.1, 0.15) is 0 Å². The fourth-order valence-corrected chi connectivity index (χ4v) is 8.22. The van der Waals surface area contributed by atoms with Crippen molar-refractivity contribution in [3.05, 3.63) is 11.6 Å². The molecule has 0 aliphatic carbocycles. The monoisotopic (exact) mass is 242 g/mol. The van der Waals surface area contributed by atoms with Crippen molar-refractivity contribution in [3.8, 4) is 0 Å². The van der Waals surface area contributed by atoms with Gasteiger partial charge in [-0.15, -0.1) is 0 Å². The molecule has 96 valence electrons. The molecule has 0 aliphatic heterocycles. The van der Waals surface area contributed by atoms with Gasteiger partial charge in [-0.3, -0.25) is 0 Å². The van der Waals surface area contributed by atoms with Crippen molar-refractivity contribution >= 4 is 8.32 Å². The van der Waals surface area contributed by atoms with Gasteiger partial charge in [0.25, 0.3) is 0 Å². The van der Waals surface area contributed by atoms with Crippen LogP contribution in [0.5, 0.6) is 0 Å². The Balaban J connectivity index is 4.84. The van der Waals surface area contributed by atoms with Crippen molar-refractivity contribution in [3.63, 3.8) is 0 Å². The molecule has 0 N–H and O–H groups in total. The molecular weight excluding hydrogens is 212 g/mol. The van der Waals surface area contributed by atoms with Gasteiger partial charge in [0.2, 0.25) is 8.32 Å². The third-order valence-corrected chi connectivity index (χ3v) is 9.61. The Morgan fingerprint density at radius 1 is 0.938 bits per heavy atom. The van der Waals surface area contributed by atoms with Crippen molar-refractivity contribution in [2.45, 2.75) is 72.0 Å². The standard InChI is InChI=1S/C14H30OSi/c1-11(2)9-10-15-16(12(3)4,13(5)6)14(7)8/h9,12-14H,10H2,1-8H3. The van der Waals surface area contributed by atoms with Gasteiger partial charge >= 0.3 is 0 Å². The van der Waals surface area contributed by atoms with Gasteiger partial charge in [-0.2, -0.15) is 0 Å². The van der Waals surface area contributed by atoms with E-state index in [4.69, 9.17) is 4.43 Å². The second kappa shape index (κ2) is 6.60. The Hall–Kier alpha value is -0.0831. The van der Waals surface area contributed by atoms with Crippen molar-refractivity contribution in [2.24, 2.45) is 0 Å². The molecule has 1 nitrogen and oxygen atoms in total. The minimum Gasteiger partial charge on any atom is -0.412 e. The molecule has 2 heteroatoms. The summed E-state index contributed by atoms with van der Waals surface area (Å²) in [5, 5.41) is 0. The summed E-state index contributed by atoms with van der Waals surface area (Å²) in [4.78, 5) is 0. The highest BCUT2D eigenvalue weighted by Gasteiger charge is 2.44. The summed E-state index contributed by atoms with van der Waals surface area (Å²) in [6.07, 6.45) is 2.20. The molecule has 0 aromatic carbocycles. The summed E-state index contributed by atoms with van der Waals surface area (Å²) in [7, 11) is -1.64. The van der Waals surface area contributed by atoms with E-state index in [0.29, 0.717) is 16.6 Å². The van der Waals surface area contributed by atoms with E-state index in [1.54, 1.807) is 0 Å². The van der Waals surface area contributed by atoms with Crippen molar-refractivity contribution in [1.82, 2.24) is 0 Å². The molecule has 0 amide bonds. The van der Waals surface area contributed by atoms with Crippen LogP contribution in [-0.2, 0) is 4.43 Å². The first-order valence-corrected chi connectivity index (χ1v) is 8.66. The maximum Gasteiger partial charge on any atom is 0.200 e. The molecule has 0 aliphatic rings. The summed E-state index contributed by atoms with van der Waals surface area (Å²) in [6.45, 7) is 19.0. The summed E-state index contributed by atoms with van der Waals surface area (Å²) in [5.41, 5.74) is 3.38. The lowest BCUT2D eigenvalue weighted by atomic mass is 10.3. The smallest absolute Gasteiger partial charge is 0.200 e. The summed E-state index contributed by atoms with van der Waals surface area (Å²) in [6, 6.07) is 0. The molecule has 0 aromatic heterocycles. The maximum atomic E-state index is 6.39. The van der Waals surface area contributed by atoms with Crippen molar-refractivity contribution < 1.29 is 4.43 Å². The summed E-state index contributed by atoms with van der Waals surface area (Å²) in [5.74, 6) is 0. The molecule has 0 fully saturated rings. The second-order valence-corrected chi connectivity index (χ2v) is 11.4. The van der Waals surface area contributed by atoms with Crippen LogP contribution in [0.1, 0.15) is 55.4 Å². The van der Waals surface area contributed by atoms with E-state index in [1.165, 1.54) is 5.57 Å². The molecule has 0 spiro atoms. The third kappa shape index (κ3) is 3.74. The van der Waals surface area contributed by atoms with Gasteiger partial charge in [0.05, 0.1) is 6.61 Å². The Morgan fingerprint density at radius 2 is 1.31 bits per heavy atom. The van der Waals surface area contributed by atoms with E-state index in [2.05, 4.69) is 61.5 Å². The number of allylic oxidation sites excluding steroid dienone is 1. The lowest BCUT2D eigenvalue weighted by molar-refractivity contribution is 0.315. The molecule has 0 saturated heterocycles. The van der Waals surface area contributed by atoms with Crippen LogP contribution in [0.25, 0.3) is 0 Å². The van der Waals surface area contributed by atoms with E-state index < -0.39 is 8.32 Å². The zero-order chi connectivity index (χ0) is 12.9. The van der Waals surface area contributed by atoms with Crippen LogP contribution >= 0.6 is 0 Å². The van der Waals surface area contributed by atoms with Crippen LogP contribution in [0.3, 0.4) is 0 Å². The molecule has 0 rings (SSSR count). The van der Waals surface area contributed by atoms with Gasteiger partial charge in [0, 0.05) is 0 Å². The summed E-state index contributed by atoms with van der Waals surface area (Å²) < 4.78 is 6.39. The Labute approximate surface area is 103 Å². The number of hydrogen-bond donors (Lipinski definition) is 0.